The number of aliphatic hydroxyl groups excluding tert-OH is 1. The highest BCUT2D eigenvalue weighted by Crippen LogP contribution is 2.17. The fraction of sp³-hybridized carbons (Fsp3) is 1.00. The minimum absolute atomic E-state index is 0.330. The lowest BCUT2D eigenvalue weighted by Crippen LogP contribution is -2.17. The molecule has 1 fully saturated rings. The van der Waals surface area contributed by atoms with E-state index in [1.807, 2.05) is 0 Å². The van der Waals surface area contributed by atoms with Crippen molar-refractivity contribution in [2.75, 3.05) is 19.8 Å². The average molecular weight is 144 g/mol. The zero-order valence-corrected chi connectivity index (χ0v) is 6.38. The Morgan fingerprint density at radius 1 is 1.50 bits per heavy atom. The van der Waals surface area contributed by atoms with Crippen LogP contribution in [0.15, 0.2) is 0 Å². The summed E-state index contributed by atoms with van der Waals surface area (Å²) in [5, 5.41) is 8.56. The lowest BCUT2D eigenvalue weighted by Gasteiger charge is -2.21. The molecule has 0 unspecified atom stereocenters. The molecule has 0 amide bonds. The van der Waals surface area contributed by atoms with Crippen LogP contribution in [0.5, 0.6) is 0 Å². The Labute approximate surface area is 62.2 Å². The largest absolute Gasteiger partial charge is 0.396 e. The van der Waals surface area contributed by atoms with Crippen LogP contribution < -0.4 is 0 Å². The molecule has 1 saturated heterocycles. The van der Waals surface area contributed by atoms with E-state index in [-0.39, 0.29) is 0 Å². The van der Waals surface area contributed by atoms with Crippen LogP contribution in [0, 0.1) is 5.92 Å². The predicted octanol–water partition coefficient (Wildman–Crippen LogP) is 1.19. The second-order valence-corrected chi connectivity index (χ2v) is 2.95. The Bertz CT molecular complexity index is 77.3. The van der Waals surface area contributed by atoms with Gasteiger partial charge in [-0.3, -0.25) is 0 Å². The van der Waals surface area contributed by atoms with Gasteiger partial charge in [0.05, 0.1) is 0 Å². The summed E-state index contributed by atoms with van der Waals surface area (Å²) in [5.41, 5.74) is 0. The summed E-state index contributed by atoms with van der Waals surface area (Å²) in [6, 6.07) is 0. The van der Waals surface area contributed by atoms with Gasteiger partial charge < -0.3 is 9.84 Å². The highest BCUT2D eigenvalue weighted by molar-refractivity contribution is 4.62. The van der Waals surface area contributed by atoms with E-state index in [4.69, 9.17) is 9.84 Å². The van der Waals surface area contributed by atoms with Crippen molar-refractivity contribution in [2.24, 2.45) is 5.92 Å². The van der Waals surface area contributed by atoms with Crippen molar-refractivity contribution in [3.63, 3.8) is 0 Å². The van der Waals surface area contributed by atoms with Crippen LogP contribution >= 0.6 is 0 Å². The summed E-state index contributed by atoms with van der Waals surface area (Å²) >= 11 is 0. The van der Waals surface area contributed by atoms with Gasteiger partial charge in [-0.1, -0.05) is 0 Å². The maximum Gasteiger partial charge on any atom is 0.0494 e. The molecule has 0 aromatic rings. The second kappa shape index (κ2) is 4.69. The van der Waals surface area contributed by atoms with Crippen molar-refractivity contribution in [1.82, 2.24) is 0 Å². The number of rotatable bonds is 3. The summed E-state index contributed by atoms with van der Waals surface area (Å²) in [6.07, 6.45) is 4.57. The van der Waals surface area contributed by atoms with Crippen LogP contribution in [0.1, 0.15) is 25.7 Å². The summed E-state index contributed by atoms with van der Waals surface area (Å²) in [4.78, 5) is 0. The first-order valence-electron chi connectivity index (χ1n) is 4.12. The van der Waals surface area contributed by atoms with Crippen LogP contribution in [0.4, 0.5) is 0 Å². The first-order valence-corrected chi connectivity index (χ1v) is 4.12. The van der Waals surface area contributed by atoms with E-state index in [0.29, 0.717) is 6.61 Å². The van der Waals surface area contributed by atoms with Gasteiger partial charge in [0, 0.05) is 19.8 Å². The highest BCUT2D eigenvalue weighted by atomic mass is 16.5. The molecular weight excluding hydrogens is 128 g/mol. The molecule has 1 aliphatic heterocycles. The SMILES string of the molecule is OCCC[C@H]1CCCOC1. The molecule has 2 heteroatoms. The third-order valence-corrected chi connectivity index (χ3v) is 2.03. The zero-order valence-electron chi connectivity index (χ0n) is 6.38. The average Bonchev–Trinajstić information content (AvgIpc) is 2.03. The van der Waals surface area contributed by atoms with Crippen molar-refractivity contribution in [2.45, 2.75) is 25.7 Å². The van der Waals surface area contributed by atoms with Crippen molar-refractivity contribution in [3.8, 4) is 0 Å². The molecule has 0 saturated carbocycles. The molecule has 0 aromatic heterocycles. The second-order valence-electron chi connectivity index (χ2n) is 2.95. The van der Waals surface area contributed by atoms with Crippen molar-refractivity contribution in [1.29, 1.82) is 0 Å². The molecule has 0 bridgehead atoms. The molecular formula is C8H16O2. The highest BCUT2D eigenvalue weighted by Gasteiger charge is 2.12. The molecule has 1 rings (SSSR count). The zero-order chi connectivity index (χ0) is 7.23. The molecule has 1 N–H and O–H groups in total. The summed E-state index contributed by atoms with van der Waals surface area (Å²) in [5.74, 6) is 0.723. The maximum atomic E-state index is 8.56. The van der Waals surface area contributed by atoms with Crippen molar-refractivity contribution >= 4 is 0 Å². The van der Waals surface area contributed by atoms with Gasteiger partial charge in [-0.25, -0.2) is 0 Å². The lowest BCUT2D eigenvalue weighted by molar-refractivity contribution is 0.0491. The fourth-order valence-corrected chi connectivity index (χ4v) is 1.42. The van der Waals surface area contributed by atoms with Gasteiger partial charge in [0.1, 0.15) is 0 Å². The van der Waals surface area contributed by atoms with E-state index in [2.05, 4.69) is 0 Å². The molecule has 0 aromatic carbocycles. The van der Waals surface area contributed by atoms with Crippen molar-refractivity contribution in [3.05, 3.63) is 0 Å². The molecule has 1 aliphatic rings. The first-order chi connectivity index (χ1) is 4.93. The number of ether oxygens (including phenoxy) is 1. The molecule has 0 aliphatic carbocycles. The number of hydrogen-bond donors (Lipinski definition) is 1. The quantitative estimate of drug-likeness (QED) is 0.644. The van der Waals surface area contributed by atoms with Crippen LogP contribution in [-0.4, -0.2) is 24.9 Å². The van der Waals surface area contributed by atoms with Gasteiger partial charge in [0.2, 0.25) is 0 Å². The summed E-state index contributed by atoms with van der Waals surface area (Å²) in [7, 11) is 0. The van der Waals surface area contributed by atoms with Crippen LogP contribution in [-0.2, 0) is 4.74 Å². The topological polar surface area (TPSA) is 29.5 Å². The lowest BCUT2D eigenvalue weighted by atomic mass is 9.97. The van der Waals surface area contributed by atoms with Gasteiger partial charge in [-0.05, 0) is 31.6 Å². The fourth-order valence-electron chi connectivity index (χ4n) is 1.42. The third kappa shape index (κ3) is 2.67. The number of aliphatic hydroxyl groups is 1. The Kier molecular flexibility index (Phi) is 3.76. The molecule has 2 nitrogen and oxygen atoms in total. The minimum atomic E-state index is 0.330. The van der Waals surface area contributed by atoms with Crippen LogP contribution in [0.3, 0.4) is 0 Å². The Balaban J connectivity index is 2.02. The molecule has 0 spiro atoms. The smallest absolute Gasteiger partial charge is 0.0494 e. The molecule has 1 atom stereocenters. The summed E-state index contributed by atoms with van der Waals surface area (Å²) in [6.45, 7) is 2.19. The van der Waals surface area contributed by atoms with Gasteiger partial charge in [-0.15, -0.1) is 0 Å². The van der Waals surface area contributed by atoms with E-state index in [9.17, 15) is 0 Å². The van der Waals surface area contributed by atoms with Gasteiger partial charge in [0.25, 0.3) is 0 Å². The molecule has 0 radical (unpaired) electrons. The minimum Gasteiger partial charge on any atom is -0.396 e. The van der Waals surface area contributed by atoms with E-state index in [1.165, 1.54) is 12.8 Å². The molecule has 1 heterocycles. The van der Waals surface area contributed by atoms with E-state index >= 15 is 0 Å². The van der Waals surface area contributed by atoms with E-state index < -0.39 is 0 Å². The predicted molar refractivity (Wildman–Crippen MR) is 39.9 cm³/mol. The van der Waals surface area contributed by atoms with E-state index in [1.54, 1.807) is 0 Å². The van der Waals surface area contributed by atoms with Gasteiger partial charge in [0.15, 0.2) is 0 Å². The van der Waals surface area contributed by atoms with E-state index in [0.717, 1.165) is 32.0 Å². The normalized spacial score (nSPS) is 26.7. The maximum absolute atomic E-state index is 8.56. The first kappa shape index (κ1) is 8.02. The monoisotopic (exact) mass is 144 g/mol. The Morgan fingerprint density at radius 3 is 3.00 bits per heavy atom. The number of hydrogen-bond acceptors (Lipinski definition) is 2. The van der Waals surface area contributed by atoms with Crippen LogP contribution in [0.25, 0.3) is 0 Å². The van der Waals surface area contributed by atoms with Crippen molar-refractivity contribution < 1.29 is 9.84 Å². The molecule has 60 valence electrons. The van der Waals surface area contributed by atoms with Crippen LogP contribution in [0.2, 0.25) is 0 Å². The molecule has 10 heavy (non-hydrogen) atoms. The third-order valence-electron chi connectivity index (χ3n) is 2.03. The standard InChI is InChI=1S/C8H16O2/c9-5-1-3-8-4-2-6-10-7-8/h8-9H,1-7H2/t8-/m0/s1. The van der Waals surface area contributed by atoms with Gasteiger partial charge in [-0.2, -0.15) is 0 Å². The summed E-state index contributed by atoms with van der Waals surface area (Å²) < 4.78 is 5.30. The Hall–Kier alpha value is -0.0800. The van der Waals surface area contributed by atoms with Gasteiger partial charge >= 0.3 is 0 Å². The Morgan fingerprint density at radius 2 is 2.40 bits per heavy atom.